The molecule has 0 bridgehead atoms. The van der Waals surface area contributed by atoms with Crippen molar-refractivity contribution in [2.75, 3.05) is 7.11 Å². The predicted octanol–water partition coefficient (Wildman–Crippen LogP) is 0.417. The number of ether oxygens (including phenoxy) is 1. The number of carbonyl (C=O) groups excluding carboxylic acids is 2. The molecule has 7 heteroatoms. The Kier molecular flexibility index (Phi) is 7.14. The van der Waals surface area contributed by atoms with E-state index in [2.05, 4.69) is 10.1 Å². The molecule has 21 heavy (non-hydrogen) atoms. The number of amides is 1. The molecule has 0 aliphatic heterocycles. The van der Waals surface area contributed by atoms with Gasteiger partial charge in [-0.2, -0.15) is 0 Å². The minimum Gasteiger partial charge on any atom is -0.480 e. The van der Waals surface area contributed by atoms with Crippen molar-refractivity contribution in [3.8, 4) is 0 Å². The summed E-state index contributed by atoms with van der Waals surface area (Å²) in [6.07, 6.45) is 4.37. The minimum atomic E-state index is -1.16. The van der Waals surface area contributed by atoms with Gasteiger partial charge in [-0.1, -0.05) is 19.3 Å². The summed E-state index contributed by atoms with van der Waals surface area (Å²) in [6.45, 7) is 0. The number of rotatable bonds is 6. The van der Waals surface area contributed by atoms with Crippen LogP contribution in [0.2, 0.25) is 0 Å². The molecule has 1 saturated carbocycles. The molecular weight excluding hydrogens is 276 g/mol. The number of esters is 1. The third-order valence-electron chi connectivity index (χ3n) is 3.89. The summed E-state index contributed by atoms with van der Waals surface area (Å²) < 4.78 is 4.47. The van der Waals surface area contributed by atoms with Crippen LogP contribution in [-0.4, -0.2) is 42.1 Å². The first-order valence-corrected chi connectivity index (χ1v) is 7.31. The van der Waals surface area contributed by atoms with Crippen LogP contribution in [0.25, 0.3) is 0 Å². The van der Waals surface area contributed by atoms with Crippen LogP contribution in [0.1, 0.15) is 44.9 Å². The molecular formula is C14H24N2O5. The lowest BCUT2D eigenvalue weighted by atomic mass is 9.94. The molecule has 0 aromatic carbocycles. The first-order valence-electron chi connectivity index (χ1n) is 7.31. The van der Waals surface area contributed by atoms with Gasteiger partial charge < -0.3 is 20.9 Å². The highest BCUT2D eigenvalue weighted by molar-refractivity contribution is 5.85. The maximum absolute atomic E-state index is 12.2. The topological polar surface area (TPSA) is 119 Å². The normalized spacial score (nSPS) is 23.7. The maximum atomic E-state index is 12.2. The molecule has 1 amide bonds. The van der Waals surface area contributed by atoms with Gasteiger partial charge in [0.05, 0.1) is 13.0 Å². The third-order valence-corrected chi connectivity index (χ3v) is 3.89. The SMILES string of the molecule is COC(=O)CC[C@@H](NC(=O)C1CCCCCC1N)C(=O)O. The summed E-state index contributed by atoms with van der Waals surface area (Å²) in [5, 5.41) is 11.6. The van der Waals surface area contributed by atoms with Crippen molar-refractivity contribution in [3.05, 3.63) is 0 Å². The van der Waals surface area contributed by atoms with E-state index in [1.807, 2.05) is 0 Å². The largest absolute Gasteiger partial charge is 0.480 e. The van der Waals surface area contributed by atoms with Gasteiger partial charge in [0.1, 0.15) is 6.04 Å². The van der Waals surface area contributed by atoms with Crippen molar-refractivity contribution in [2.45, 2.75) is 57.0 Å². The van der Waals surface area contributed by atoms with Gasteiger partial charge in [-0.25, -0.2) is 4.79 Å². The average molecular weight is 300 g/mol. The highest BCUT2D eigenvalue weighted by Crippen LogP contribution is 2.22. The minimum absolute atomic E-state index is 0.00963. The highest BCUT2D eigenvalue weighted by Gasteiger charge is 2.30. The van der Waals surface area contributed by atoms with Gasteiger partial charge in [0, 0.05) is 12.5 Å². The third kappa shape index (κ3) is 5.71. The van der Waals surface area contributed by atoms with Gasteiger partial charge in [0.15, 0.2) is 0 Å². The van der Waals surface area contributed by atoms with Gasteiger partial charge >= 0.3 is 11.9 Å². The van der Waals surface area contributed by atoms with Gasteiger partial charge in [-0.05, 0) is 19.3 Å². The van der Waals surface area contributed by atoms with E-state index < -0.39 is 18.0 Å². The lowest BCUT2D eigenvalue weighted by Gasteiger charge is -2.23. The standard InChI is InChI=1S/C14H24N2O5/c1-21-12(17)8-7-11(14(19)20)16-13(18)9-5-3-2-4-6-10(9)15/h9-11H,2-8,15H2,1H3,(H,16,18)(H,19,20)/t9?,10?,11-/m1/s1. The summed E-state index contributed by atoms with van der Waals surface area (Å²) in [6, 6.07) is -1.32. The highest BCUT2D eigenvalue weighted by atomic mass is 16.5. The van der Waals surface area contributed by atoms with E-state index >= 15 is 0 Å². The van der Waals surface area contributed by atoms with Gasteiger partial charge in [-0.3, -0.25) is 9.59 Å². The molecule has 0 saturated heterocycles. The molecule has 1 aliphatic carbocycles. The smallest absolute Gasteiger partial charge is 0.326 e. The molecule has 1 rings (SSSR count). The molecule has 0 aromatic rings. The van der Waals surface area contributed by atoms with Crippen molar-refractivity contribution in [1.29, 1.82) is 0 Å². The van der Waals surface area contributed by atoms with Crippen LogP contribution in [-0.2, 0) is 19.1 Å². The van der Waals surface area contributed by atoms with Crippen LogP contribution < -0.4 is 11.1 Å². The first kappa shape index (κ1) is 17.4. The van der Waals surface area contributed by atoms with Crippen molar-refractivity contribution in [1.82, 2.24) is 5.32 Å². The second-order valence-corrected chi connectivity index (χ2v) is 5.42. The Balaban J connectivity index is 2.58. The van der Waals surface area contributed by atoms with Crippen LogP contribution in [0.4, 0.5) is 0 Å². The van der Waals surface area contributed by atoms with Crippen LogP contribution in [0, 0.1) is 5.92 Å². The monoisotopic (exact) mass is 300 g/mol. The van der Waals surface area contributed by atoms with E-state index in [1.165, 1.54) is 7.11 Å². The molecule has 1 fully saturated rings. The fraction of sp³-hybridized carbons (Fsp3) is 0.786. The zero-order chi connectivity index (χ0) is 15.8. The van der Waals surface area contributed by atoms with Crippen molar-refractivity contribution >= 4 is 17.8 Å². The molecule has 0 aromatic heterocycles. The Morgan fingerprint density at radius 3 is 2.57 bits per heavy atom. The van der Waals surface area contributed by atoms with E-state index in [1.54, 1.807) is 0 Å². The molecule has 1 aliphatic rings. The fourth-order valence-electron chi connectivity index (χ4n) is 2.56. The number of hydrogen-bond donors (Lipinski definition) is 3. The summed E-state index contributed by atoms with van der Waals surface area (Å²) in [5.74, 6) is -2.34. The van der Waals surface area contributed by atoms with Gasteiger partial charge in [0.2, 0.25) is 5.91 Å². The first-order chi connectivity index (χ1) is 9.95. The second kappa shape index (κ2) is 8.61. The molecule has 0 radical (unpaired) electrons. The maximum Gasteiger partial charge on any atom is 0.326 e. The molecule has 4 N–H and O–H groups in total. The zero-order valence-corrected chi connectivity index (χ0v) is 12.3. The second-order valence-electron chi connectivity index (χ2n) is 5.42. The molecule has 7 nitrogen and oxygen atoms in total. The van der Waals surface area contributed by atoms with E-state index in [4.69, 9.17) is 10.8 Å². The van der Waals surface area contributed by atoms with Crippen LogP contribution in [0.5, 0.6) is 0 Å². The Bertz CT molecular complexity index is 386. The van der Waals surface area contributed by atoms with Crippen LogP contribution >= 0.6 is 0 Å². The fourth-order valence-corrected chi connectivity index (χ4v) is 2.56. The van der Waals surface area contributed by atoms with Gasteiger partial charge in [-0.15, -0.1) is 0 Å². The average Bonchev–Trinajstić information content (AvgIpc) is 2.67. The number of carbonyl (C=O) groups is 3. The number of nitrogens with two attached hydrogens (primary N) is 1. The van der Waals surface area contributed by atoms with E-state index in [-0.39, 0.29) is 30.7 Å². The lowest BCUT2D eigenvalue weighted by molar-refractivity contribution is -0.144. The summed E-state index contributed by atoms with van der Waals surface area (Å²) in [5.41, 5.74) is 5.99. The zero-order valence-electron chi connectivity index (χ0n) is 12.3. The van der Waals surface area contributed by atoms with Crippen LogP contribution in [0.15, 0.2) is 0 Å². The number of carboxylic acid groups (broad SMARTS) is 1. The molecule has 0 heterocycles. The van der Waals surface area contributed by atoms with Gasteiger partial charge in [0.25, 0.3) is 0 Å². The number of aliphatic carboxylic acids is 1. The Morgan fingerprint density at radius 2 is 1.95 bits per heavy atom. The summed E-state index contributed by atoms with van der Waals surface area (Å²) >= 11 is 0. The molecule has 0 spiro atoms. The van der Waals surface area contributed by atoms with E-state index in [0.29, 0.717) is 6.42 Å². The summed E-state index contributed by atoms with van der Waals surface area (Å²) in [4.78, 5) is 34.5. The number of methoxy groups -OCH3 is 1. The molecule has 2 unspecified atom stereocenters. The van der Waals surface area contributed by atoms with E-state index in [9.17, 15) is 14.4 Å². The van der Waals surface area contributed by atoms with E-state index in [0.717, 1.165) is 25.7 Å². The van der Waals surface area contributed by atoms with Crippen molar-refractivity contribution in [3.63, 3.8) is 0 Å². The van der Waals surface area contributed by atoms with Crippen LogP contribution in [0.3, 0.4) is 0 Å². The Morgan fingerprint density at radius 1 is 1.29 bits per heavy atom. The summed E-state index contributed by atoms with van der Waals surface area (Å²) in [7, 11) is 1.24. The Hall–Kier alpha value is -1.63. The quantitative estimate of drug-likeness (QED) is 0.483. The number of hydrogen-bond acceptors (Lipinski definition) is 5. The Labute approximate surface area is 124 Å². The molecule has 3 atom stereocenters. The van der Waals surface area contributed by atoms with Crippen molar-refractivity contribution < 1.29 is 24.2 Å². The predicted molar refractivity (Wildman–Crippen MR) is 75.4 cm³/mol. The number of nitrogens with one attached hydrogen (secondary N) is 1. The van der Waals surface area contributed by atoms with Crippen molar-refractivity contribution in [2.24, 2.45) is 11.7 Å². The lowest BCUT2D eigenvalue weighted by Crippen LogP contribution is -2.48. The molecule has 120 valence electrons. The number of carboxylic acids is 1.